The summed E-state index contributed by atoms with van der Waals surface area (Å²) in [6, 6.07) is 16.1. The highest BCUT2D eigenvalue weighted by atomic mass is 16.5. The van der Waals surface area contributed by atoms with Gasteiger partial charge in [0.05, 0.1) is 24.4 Å². The standard InChI is InChI=1S/C38H48N4O4.C2H2/c1-4-17-42(37(45)32-13-10-25-7-5-6-8-31(25)39-32)24-36(44)41-20-18-40(19-21-41)33-23-29-26(22-34(33)46-3)9-11-28-27(29)15-16-38(2)30(28)12-14-35(38)43;1-2/h5-8,10,13,22-23,27-28,30,35,43H,4,9,11-12,14-21,24H2,1-3H3;1-2H. The Morgan fingerprint density at radius 1 is 1.04 bits per heavy atom. The van der Waals surface area contributed by atoms with Crippen LogP contribution in [-0.2, 0) is 11.2 Å². The van der Waals surface area contributed by atoms with Crippen molar-refractivity contribution in [1.82, 2.24) is 14.8 Å². The number of ether oxygens (including phenoxy) is 1. The van der Waals surface area contributed by atoms with E-state index in [-0.39, 0.29) is 29.9 Å². The predicted molar refractivity (Wildman–Crippen MR) is 190 cm³/mol. The Kier molecular flexibility index (Phi) is 9.98. The lowest BCUT2D eigenvalue weighted by Crippen LogP contribution is -2.52. The third-order valence-corrected chi connectivity index (χ3v) is 11.9. The van der Waals surface area contributed by atoms with E-state index in [4.69, 9.17) is 4.74 Å². The Labute approximate surface area is 285 Å². The van der Waals surface area contributed by atoms with E-state index in [0.29, 0.717) is 43.1 Å². The van der Waals surface area contributed by atoms with Gasteiger partial charge in [0.2, 0.25) is 5.91 Å². The number of terminal acetylenes is 1. The molecule has 48 heavy (non-hydrogen) atoms. The van der Waals surface area contributed by atoms with Crippen LogP contribution >= 0.6 is 0 Å². The van der Waals surface area contributed by atoms with Crippen molar-refractivity contribution in [3.05, 3.63) is 65.4 Å². The molecule has 1 N–H and O–H groups in total. The molecule has 1 aliphatic heterocycles. The van der Waals surface area contributed by atoms with Crippen molar-refractivity contribution in [2.24, 2.45) is 17.3 Å². The molecule has 5 unspecified atom stereocenters. The average Bonchev–Trinajstić information content (AvgIpc) is 3.44. The van der Waals surface area contributed by atoms with Gasteiger partial charge in [0, 0.05) is 38.1 Å². The van der Waals surface area contributed by atoms with Crippen molar-refractivity contribution >= 4 is 28.4 Å². The number of carbonyl (C=O) groups excluding carboxylic acids is 2. The smallest absolute Gasteiger partial charge is 0.272 e. The molecule has 8 nitrogen and oxygen atoms in total. The van der Waals surface area contributed by atoms with Gasteiger partial charge in [-0.3, -0.25) is 9.59 Å². The van der Waals surface area contributed by atoms with E-state index in [0.717, 1.165) is 74.0 Å². The van der Waals surface area contributed by atoms with Gasteiger partial charge in [0.25, 0.3) is 5.91 Å². The zero-order valence-corrected chi connectivity index (χ0v) is 28.7. The largest absolute Gasteiger partial charge is 0.495 e. The number of methoxy groups -OCH3 is 1. The van der Waals surface area contributed by atoms with E-state index in [1.165, 1.54) is 17.5 Å². The molecule has 2 heterocycles. The van der Waals surface area contributed by atoms with Gasteiger partial charge >= 0.3 is 0 Å². The third kappa shape index (κ3) is 6.14. The lowest BCUT2D eigenvalue weighted by Gasteiger charge is -2.50. The van der Waals surface area contributed by atoms with Crippen LogP contribution in [0.4, 0.5) is 5.69 Å². The molecule has 254 valence electrons. The van der Waals surface area contributed by atoms with Crippen LogP contribution in [0.5, 0.6) is 5.75 Å². The maximum Gasteiger partial charge on any atom is 0.272 e. The van der Waals surface area contributed by atoms with Crippen LogP contribution in [-0.4, -0.2) is 84.2 Å². The van der Waals surface area contributed by atoms with Crippen molar-refractivity contribution in [3.63, 3.8) is 0 Å². The Balaban J connectivity index is 0.00000197. The van der Waals surface area contributed by atoms with E-state index >= 15 is 0 Å². The fourth-order valence-corrected chi connectivity index (χ4v) is 9.30. The highest BCUT2D eigenvalue weighted by Crippen LogP contribution is 2.61. The van der Waals surface area contributed by atoms with Crippen LogP contribution in [0.15, 0.2) is 48.5 Å². The number of fused-ring (bicyclic) bond motifs is 6. The fraction of sp³-hybridized carbons (Fsp3) is 0.525. The predicted octanol–water partition coefficient (Wildman–Crippen LogP) is 5.91. The highest BCUT2D eigenvalue weighted by molar-refractivity contribution is 5.97. The number of aliphatic hydroxyl groups excluding tert-OH is 1. The molecule has 4 aliphatic rings. The van der Waals surface area contributed by atoms with E-state index < -0.39 is 0 Å². The van der Waals surface area contributed by atoms with Gasteiger partial charge in [-0.1, -0.05) is 38.1 Å². The van der Waals surface area contributed by atoms with Gasteiger partial charge in [0.15, 0.2) is 0 Å². The first-order valence-electron chi connectivity index (χ1n) is 17.7. The number of benzene rings is 2. The molecule has 0 radical (unpaired) electrons. The van der Waals surface area contributed by atoms with Crippen molar-refractivity contribution in [2.45, 2.75) is 70.8 Å². The lowest BCUT2D eigenvalue weighted by molar-refractivity contribution is -0.132. The minimum Gasteiger partial charge on any atom is -0.495 e. The lowest BCUT2D eigenvalue weighted by atomic mass is 9.55. The topological polar surface area (TPSA) is 86.2 Å². The first-order chi connectivity index (χ1) is 23.3. The second kappa shape index (κ2) is 14.2. The zero-order chi connectivity index (χ0) is 34.0. The van der Waals surface area contributed by atoms with Crippen LogP contribution in [0.25, 0.3) is 10.9 Å². The van der Waals surface area contributed by atoms with E-state index in [2.05, 4.69) is 41.8 Å². The number of carbonyl (C=O) groups is 2. The number of hydrogen-bond donors (Lipinski definition) is 1. The summed E-state index contributed by atoms with van der Waals surface area (Å²) >= 11 is 0. The summed E-state index contributed by atoms with van der Waals surface area (Å²) in [5, 5.41) is 11.8. The van der Waals surface area contributed by atoms with Crippen LogP contribution in [0.3, 0.4) is 0 Å². The number of para-hydroxylation sites is 1. The third-order valence-electron chi connectivity index (χ3n) is 11.9. The number of nitrogens with zero attached hydrogens (tertiary/aromatic N) is 4. The highest BCUT2D eigenvalue weighted by Gasteiger charge is 2.54. The van der Waals surface area contributed by atoms with Crippen LogP contribution < -0.4 is 9.64 Å². The maximum atomic E-state index is 13.5. The first-order valence-corrected chi connectivity index (χ1v) is 17.7. The molecular formula is C40H50N4O4. The Morgan fingerprint density at radius 3 is 2.56 bits per heavy atom. The summed E-state index contributed by atoms with van der Waals surface area (Å²) in [4.78, 5) is 37.5. The monoisotopic (exact) mass is 650 g/mol. The van der Waals surface area contributed by atoms with Gasteiger partial charge in [-0.15, -0.1) is 12.8 Å². The van der Waals surface area contributed by atoms with E-state index in [1.54, 1.807) is 18.1 Å². The normalized spacial score (nSPS) is 26.0. The number of pyridine rings is 1. The number of amides is 2. The van der Waals surface area contributed by atoms with E-state index in [1.807, 2.05) is 42.2 Å². The van der Waals surface area contributed by atoms with Crippen LogP contribution in [0.2, 0.25) is 0 Å². The molecule has 0 spiro atoms. The van der Waals surface area contributed by atoms with Crippen LogP contribution in [0, 0.1) is 30.1 Å². The summed E-state index contributed by atoms with van der Waals surface area (Å²) < 4.78 is 5.94. The minimum absolute atomic E-state index is 0.0218. The van der Waals surface area contributed by atoms with Crippen molar-refractivity contribution in [2.75, 3.05) is 51.3 Å². The summed E-state index contributed by atoms with van der Waals surface area (Å²) in [6.07, 6.45) is 15.2. The quantitative estimate of drug-likeness (QED) is 0.320. The maximum absolute atomic E-state index is 13.5. The van der Waals surface area contributed by atoms with Crippen molar-refractivity contribution in [1.29, 1.82) is 0 Å². The number of anilines is 1. The van der Waals surface area contributed by atoms with Gasteiger partial charge < -0.3 is 24.5 Å². The average molecular weight is 651 g/mol. The van der Waals surface area contributed by atoms with Gasteiger partial charge in [0.1, 0.15) is 18.0 Å². The second-order valence-corrected chi connectivity index (χ2v) is 14.3. The summed E-state index contributed by atoms with van der Waals surface area (Å²) in [5.74, 6) is 2.47. The molecule has 3 fully saturated rings. The molecule has 8 heteroatoms. The van der Waals surface area contributed by atoms with Gasteiger partial charge in [-0.05, 0) is 104 Å². The molecule has 0 bridgehead atoms. The molecule has 3 aromatic rings. The number of rotatable bonds is 7. The number of aryl methyl sites for hydroxylation is 1. The molecule has 2 aromatic carbocycles. The number of piperazine rings is 1. The Hall–Kier alpha value is -4.09. The second-order valence-electron chi connectivity index (χ2n) is 14.3. The van der Waals surface area contributed by atoms with Gasteiger partial charge in [-0.25, -0.2) is 4.98 Å². The van der Waals surface area contributed by atoms with Crippen LogP contribution in [0.1, 0.15) is 79.9 Å². The SMILES string of the molecule is C#C.CCCN(CC(=O)N1CCN(c2cc3c(cc2OC)CCC2C3CCC3(C)C(O)CCC23)CC1)C(=O)c1ccc2ccccc2n1. The Morgan fingerprint density at radius 2 is 1.81 bits per heavy atom. The zero-order valence-electron chi connectivity index (χ0n) is 28.7. The molecule has 5 atom stereocenters. The number of aromatic nitrogens is 1. The Bertz CT molecular complexity index is 1660. The van der Waals surface area contributed by atoms with Crippen molar-refractivity contribution < 1.29 is 19.4 Å². The summed E-state index contributed by atoms with van der Waals surface area (Å²) in [7, 11) is 1.76. The molecule has 2 amide bonds. The molecule has 2 saturated carbocycles. The fourth-order valence-electron chi connectivity index (χ4n) is 9.30. The molecule has 1 aromatic heterocycles. The molecule has 7 rings (SSSR count). The van der Waals surface area contributed by atoms with E-state index in [9.17, 15) is 14.7 Å². The van der Waals surface area contributed by atoms with Gasteiger partial charge in [-0.2, -0.15) is 0 Å². The number of hydrogen-bond acceptors (Lipinski definition) is 6. The minimum atomic E-state index is -0.202. The number of aliphatic hydroxyl groups is 1. The first kappa shape index (κ1) is 33.8. The molecule has 3 aliphatic carbocycles. The van der Waals surface area contributed by atoms with Crippen molar-refractivity contribution in [3.8, 4) is 18.6 Å². The summed E-state index contributed by atoms with van der Waals surface area (Å²) in [6.45, 7) is 7.56. The summed E-state index contributed by atoms with van der Waals surface area (Å²) in [5.41, 5.74) is 5.24. The molecular weight excluding hydrogens is 600 g/mol. The molecule has 1 saturated heterocycles.